The highest BCUT2D eigenvalue weighted by Gasteiger charge is 2.10. The Kier molecular flexibility index (Phi) is 4.84. The number of hydrogen-bond acceptors (Lipinski definition) is 7. The van der Waals surface area contributed by atoms with Gasteiger partial charge in [-0.15, -0.1) is 16.4 Å². The number of methoxy groups -OCH3 is 1. The molecule has 3 aromatic heterocycles. The van der Waals surface area contributed by atoms with Crippen LogP contribution in [0.3, 0.4) is 0 Å². The molecule has 0 aliphatic carbocycles. The normalized spacial score (nSPS) is 11.0. The van der Waals surface area contributed by atoms with Gasteiger partial charge in [0.1, 0.15) is 23.1 Å². The van der Waals surface area contributed by atoms with Crippen molar-refractivity contribution in [3.8, 4) is 22.1 Å². The first-order chi connectivity index (χ1) is 10.9. The molecule has 0 aromatic carbocycles. The van der Waals surface area contributed by atoms with Crippen molar-refractivity contribution in [2.24, 2.45) is 0 Å². The number of pyridine rings is 1. The van der Waals surface area contributed by atoms with E-state index in [1.807, 2.05) is 29.8 Å². The van der Waals surface area contributed by atoms with Crippen molar-refractivity contribution >= 4 is 11.3 Å². The summed E-state index contributed by atoms with van der Waals surface area (Å²) in [5.74, 6) is 0. The quantitative estimate of drug-likeness (QED) is 0.621. The lowest BCUT2D eigenvalue weighted by Gasteiger charge is -2.01. The highest BCUT2D eigenvalue weighted by atomic mass is 32.1. The summed E-state index contributed by atoms with van der Waals surface area (Å²) in [6.07, 6.45) is 3.56. The Morgan fingerprint density at radius 3 is 2.95 bits per heavy atom. The van der Waals surface area contributed by atoms with E-state index in [4.69, 9.17) is 9.47 Å². The number of thiazole rings is 1. The summed E-state index contributed by atoms with van der Waals surface area (Å²) in [4.78, 5) is 8.85. The van der Waals surface area contributed by atoms with E-state index in [2.05, 4.69) is 20.3 Å². The summed E-state index contributed by atoms with van der Waals surface area (Å²) in [5, 5.41) is 11.0. The fraction of sp³-hybridized carbons (Fsp3) is 0.286. The molecule has 3 rings (SSSR count). The van der Waals surface area contributed by atoms with E-state index in [0.717, 1.165) is 16.4 Å². The van der Waals surface area contributed by atoms with Crippen LogP contribution in [-0.2, 0) is 16.2 Å². The predicted octanol–water partition coefficient (Wildman–Crippen LogP) is 2.08. The summed E-state index contributed by atoms with van der Waals surface area (Å²) in [6.45, 7) is 1.42. The molecule has 0 fully saturated rings. The van der Waals surface area contributed by atoms with Crippen molar-refractivity contribution in [3.05, 3.63) is 36.0 Å². The molecule has 7 nitrogen and oxygen atoms in total. The van der Waals surface area contributed by atoms with Crippen LogP contribution in [0.1, 0.15) is 0 Å². The topological polar surface area (TPSA) is 75.0 Å². The third-order valence-electron chi connectivity index (χ3n) is 2.84. The molecule has 0 aliphatic rings. The van der Waals surface area contributed by atoms with Crippen molar-refractivity contribution in [3.63, 3.8) is 0 Å². The zero-order valence-electron chi connectivity index (χ0n) is 12.0. The second-order valence-corrected chi connectivity index (χ2v) is 5.28. The van der Waals surface area contributed by atoms with Crippen molar-refractivity contribution in [2.45, 2.75) is 6.73 Å². The Morgan fingerprint density at radius 2 is 2.14 bits per heavy atom. The monoisotopic (exact) mass is 317 g/mol. The smallest absolute Gasteiger partial charge is 0.142 e. The molecule has 0 N–H and O–H groups in total. The van der Waals surface area contributed by atoms with Crippen LogP contribution in [0.4, 0.5) is 0 Å². The second kappa shape index (κ2) is 7.21. The molecular formula is C14H15N5O2S. The average Bonchev–Trinajstić information content (AvgIpc) is 3.21. The van der Waals surface area contributed by atoms with Crippen molar-refractivity contribution in [1.29, 1.82) is 0 Å². The largest absolute Gasteiger partial charge is 0.382 e. The highest BCUT2D eigenvalue weighted by Crippen LogP contribution is 2.26. The fourth-order valence-corrected chi connectivity index (χ4v) is 2.57. The van der Waals surface area contributed by atoms with Crippen molar-refractivity contribution in [1.82, 2.24) is 25.0 Å². The van der Waals surface area contributed by atoms with Crippen LogP contribution >= 0.6 is 11.3 Å². The second-order valence-electron chi connectivity index (χ2n) is 4.43. The van der Waals surface area contributed by atoms with Gasteiger partial charge in [0, 0.05) is 18.7 Å². The minimum atomic E-state index is 0.341. The summed E-state index contributed by atoms with van der Waals surface area (Å²) < 4.78 is 11.9. The Labute approximate surface area is 131 Å². The molecule has 0 bridgehead atoms. The molecule has 3 aromatic rings. The van der Waals surface area contributed by atoms with Crippen LogP contribution in [0.15, 0.2) is 36.0 Å². The molecular weight excluding hydrogens is 302 g/mol. The molecule has 0 spiro atoms. The molecule has 0 saturated heterocycles. The maximum absolute atomic E-state index is 5.39. The molecule has 0 saturated carbocycles. The number of rotatable bonds is 7. The third-order valence-corrected chi connectivity index (χ3v) is 3.71. The summed E-state index contributed by atoms with van der Waals surface area (Å²) in [5.41, 5.74) is 2.36. The van der Waals surface area contributed by atoms with Crippen molar-refractivity contribution in [2.75, 3.05) is 20.3 Å². The molecule has 114 valence electrons. The lowest BCUT2D eigenvalue weighted by atomic mass is 10.3. The average molecular weight is 317 g/mol. The first-order valence-corrected chi connectivity index (χ1v) is 7.59. The Hall–Kier alpha value is -2.16. The minimum absolute atomic E-state index is 0.341. The number of nitrogens with zero attached hydrogens (tertiary/aromatic N) is 5. The lowest BCUT2D eigenvalue weighted by molar-refractivity contribution is 0.0281. The van der Waals surface area contributed by atoms with Gasteiger partial charge in [0.25, 0.3) is 0 Å². The van der Waals surface area contributed by atoms with Gasteiger partial charge in [0.05, 0.1) is 25.1 Å². The maximum Gasteiger partial charge on any atom is 0.142 e. The maximum atomic E-state index is 5.39. The molecule has 8 heteroatoms. The standard InChI is InChI=1S/C14H15N5O2S/c1-20-6-7-21-10-19-8-12(17-18-19)13-9-22-14(16-13)11-4-2-3-5-15-11/h2-5,8-9H,6-7,10H2,1H3. The van der Waals surface area contributed by atoms with Gasteiger partial charge in [-0.1, -0.05) is 11.3 Å². The SMILES string of the molecule is COCCOCn1cc(-c2csc(-c3ccccn3)n2)nn1. The van der Waals surface area contributed by atoms with Crippen LogP contribution in [0, 0.1) is 0 Å². The van der Waals surface area contributed by atoms with Crippen LogP contribution in [0.5, 0.6) is 0 Å². The minimum Gasteiger partial charge on any atom is -0.382 e. The van der Waals surface area contributed by atoms with Crippen LogP contribution in [0.25, 0.3) is 22.1 Å². The predicted molar refractivity (Wildman–Crippen MR) is 82.2 cm³/mol. The summed E-state index contributed by atoms with van der Waals surface area (Å²) in [6, 6.07) is 5.76. The summed E-state index contributed by atoms with van der Waals surface area (Å²) in [7, 11) is 1.64. The Balaban J connectivity index is 1.68. The Bertz CT molecular complexity index is 713. The lowest BCUT2D eigenvalue weighted by Crippen LogP contribution is -2.07. The zero-order valence-corrected chi connectivity index (χ0v) is 12.9. The van der Waals surface area contributed by atoms with Gasteiger partial charge in [-0.2, -0.15) is 0 Å². The number of ether oxygens (including phenoxy) is 2. The van der Waals surface area contributed by atoms with Crippen LogP contribution in [-0.4, -0.2) is 45.3 Å². The van der Waals surface area contributed by atoms with Gasteiger partial charge in [0.2, 0.25) is 0 Å². The molecule has 0 radical (unpaired) electrons. The van der Waals surface area contributed by atoms with E-state index in [1.54, 1.807) is 18.0 Å². The highest BCUT2D eigenvalue weighted by molar-refractivity contribution is 7.13. The van der Waals surface area contributed by atoms with E-state index in [1.165, 1.54) is 11.3 Å². The first-order valence-electron chi connectivity index (χ1n) is 6.71. The number of aromatic nitrogens is 5. The van der Waals surface area contributed by atoms with Gasteiger partial charge < -0.3 is 9.47 Å². The third kappa shape index (κ3) is 3.53. The molecule has 22 heavy (non-hydrogen) atoms. The van der Waals surface area contributed by atoms with E-state index in [9.17, 15) is 0 Å². The fourth-order valence-electron chi connectivity index (χ4n) is 1.78. The van der Waals surface area contributed by atoms with E-state index in [-0.39, 0.29) is 0 Å². The van der Waals surface area contributed by atoms with Crippen LogP contribution in [0.2, 0.25) is 0 Å². The van der Waals surface area contributed by atoms with E-state index < -0.39 is 0 Å². The van der Waals surface area contributed by atoms with Crippen LogP contribution < -0.4 is 0 Å². The van der Waals surface area contributed by atoms with Gasteiger partial charge in [-0.3, -0.25) is 4.98 Å². The van der Waals surface area contributed by atoms with Gasteiger partial charge >= 0.3 is 0 Å². The molecule has 3 heterocycles. The molecule has 0 unspecified atom stereocenters. The van der Waals surface area contributed by atoms with Gasteiger partial charge in [0.15, 0.2) is 0 Å². The molecule has 0 aliphatic heterocycles. The van der Waals surface area contributed by atoms with Gasteiger partial charge in [-0.25, -0.2) is 9.67 Å². The Morgan fingerprint density at radius 1 is 1.18 bits per heavy atom. The van der Waals surface area contributed by atoms with Crippen molar-refractivity contribution < 1.29 is 9.47 Å². The van der Waals surface area contributed by atoms with E-state index >= 15 is 0 Å². The van der Waals surface area contributed by atoms with E-state index in [0.29, 0.717) is 25.6 Å². The molecule has 0 atom stereocenters. The zero-order chi connectivity index (χ0) is 15.2. The first kappa shape index (κ1) is 14.8. The molecule has 0 amide bonds. The summed E-state index contributed by atoms with van der Waals surface area (Å²) >= 11 is 1.53. The number of hydrogen-bond donors (Lipinski definition) is 0. The van der Waals surface area contributed by atoms with Gasteiger partial charge in [-0.05, 0) is 12.1 Å².